The van der Waals surface area contributed by atoms with Crippen molar-refractivity contribution >= 4 is 31.7 Å². The molecule has 0 atom stereocenters. The maximum Gasteiger partial charge on any atom is 0.338 e. The summed E-state index contributed by atoms with van der Waals surface area (Å²) >= 11 is 3.18. The molecule has 0 saturated heterocycles. The maximum atomic E-state index is 13.3. The van der Waals surface area contributed by atoms with E-state index < -0.39 is 32.9 Å². The lowest BCUT2D eigenvalue weighted by Crippen LogP contribution is -2.09. The van der Waals surface area contributed by atoms with Gasteiger partial charge in [0.1, 0.15) is 5.82 Å². The molecule has 110 valence electrons. The third-order valence-electron chi connectivity index (χ3n) is 2.65. The van der Waals surface area contributed by atoms with Gasteiger partial charge in [-0.25, -0.2) is 17.6 Å². The largest absolute Gasteiger partial charge is 0.478 e. The Balaban J connectivity index is 2.38. The van der Waals surface area contributed by atoms with Crippen molar-refractivity contribution in [3.63, 3.8) is 0 Å². The van der Waals surface area contributed by atoms with Crippen molar-refractivity contribution in [1.29, 1.82) is 0 Å². The van der Waals surface area contributed by atoms with Crippen LogP contribution >= 0.6 is 15.9 Å². The van der Waals surface area contributed by atoms with Gasteiger partial charge in [-0.2, -0.15) is 0 Å². The molecule has 1 N–H and O–H groups in total. The number of aromatic carboxylic acids is 1. The molecule has 0 radical (unpaired) electrons. The number of benzene rings is 1. The zero-order chi connectivity index (χ0) is 15.6. The summed E-state index contributed by atoms with van der Waals surface area (Å²) in [5.74, 6) is -2.90. The van der Waals surface area contributed by atoms with Gasteiger partial charge in [0.05, 0.1) is 21.9 Å². The minimum absolute atomic E-state index is 0.258. The second kappa shape index (κ2) is 5.90. The Hall–Kier alpha value is -1.80. The Morgan fingerprint density at radius 2 is 2.00 bits per heavy atom. The van der Waals surface area contributed by atoms with Crippen molar-refractivity contribution in [2.75, 3.05) is 0 Å². The lowest BCUT2D eigenvalue weighted by atomic mass is 10.2. The number of nitrogens with zero attached hydrogens (tertiary/aromatic N) is 1. The van der Waals surface area contributed by atoms with Crippen LogP contribution in [0.4, 0.5) is 4.39 Å². The van der Waals surface area contributed by atoms with E-state index in [0.29, 0.717) is 10.2 Å². The molecular formula is C13H9BrFNO4S. The molecule has 0 unspecified atom stereocenters. The number of carboxylic acids is 1. The Kier molecular flexibility index (Phi) is 4.38. The van der Waals surface area contributed by atoms with Crippen LogP contribution < -0.4 is 0 Å². The van der Waals surface area contributed by atoms with E-state index >= 15 is 0 Å². The zero-order valence-corrected chi connectivity index (χ0v) is 12.9. The molecule has 1 aromatic heterocycles. The fourth-order valence-corrected chi connectivity index (χ4v) is 3.17. The Bertz CT molecular complexity index is 790. The first-order valence-electron chi connectivity index (χ1n) is 5.65. The van der Waals surface area contributed by atoms with Crippen molar-refractivity contribution < 1.29 is 22.7 Å². The SMILES string of the molecule is O=C(O)c1cc(S(=O)(=O)Cc2ccc(Br)cn2)ccc1F. The van der Waals surface area contributed by atoms with E-state index in [1.165, 1.54) is 12.3 Å². The molecule has 2 rings (SSSR count). The molecule has 0 saturated carbocycles. The van der Waals surface area contributed by atoms with Crippen molar-refractivity contribution in [2.45, 2.75) is 10.6 Å². The first-order valence-corrected chi connectivity index (χ1v) is 8.10. The van der Waals surface area contributed by atoms with E-state index in [4.69, 9.17) is 5.11 Å². The number of rotatable bonds is 4. The summed E-state index contributed by atoms with van der Waals surface area (Å²) in [6.07, 6.45) is 1.46. The van der Waals surface area contributed by atoms with E-state index in [1.54, 1.807) is 6.07 Å². The average molecular weight is 374 g/mol. The number of carbonyl (C=O) groups is 1. The van der Waals surface area contributed by atoms with Gasteiger partial charge in [-0.15, -0.1) is 0 Å². The highest BCUT2D eigenvalue weighted by molar-refractivity contribution is 9.10. The highest BCUT2D eigenvalue weighted by atomic mass is 79.9. The molecule has 0 amide bonds. The number of halogens is 2. The van der Waals surface area contributed by atoms with E-state index in [9.17, 15) is 17.6 Å². The summed E-state index contributed by atoms with van der Waals surface area (Å²) in [5, 5.41) is 8.82. The third-order valence-corrected chi connectivity index (χ3v) is 4.77. The van der Waals surface area contributed by atoms with Gasteiger partial charge in [0.15, 0.2) is 9.84 Å². The van der Waals surface area contributed by atoms with Gasteiger partial charge < -0.3 is 5.11 Å². The number of sulfone groups is 1. The van der Waals surface area contributed by atoms with Crippen LogP contribution in [0.25, 0.3) is 0 Å². The minimum Gasteiger partial charge on any atom is -0.478 e. The first-order chi connectivity index (χ1) is 9.79. The summed E-state index contributed by atoms with van der Waals surface area (Å²) in [4.78, 5) is 14.5. The normalized spacial score (nSPS) is 11.3. The van der Waals surface area contributed by atoms with Crippen molar-refractivity contribution in [2.24, 2.45) is 0 Å². The van der Waals surface area contributed by atoms with Gasteiger partial charge in [-0.1, -0.05) is 0 Å². The summed E-state index contributed by atoms with van der Waals surface area (Å²) in [6, 6.07) is 5.85. The van der Waals surface area contributed by atoms with Crippen molar-refractivity contribution in [3.8, 4) is 0 Å². The molecule has 0 spiro atoms. The second-order valence-corrected chi connectivity index (χ2v) is 7.08. The predicted octanol–water partition coefficient (Wildman–Crippen LogP) is 2.66. The maximum absolute atomic E-state index is 13.3. The van der Waals surface area contributed by atoms with Crippen molar-refractivity contribution in [3.05, 3.63) is 58.1 Å². The highest BCUT2D eigenvalue weighted by Crippen LogP contribution is 2.19. The summed E-state index contributed by atoms with van der Waals surface area (Å²) < 4.78 is 38.4. The Morgan fingerprint density at radius 3 is 2.57 bits per heavy atom. The standard InChI is InChI=1S/C13H9BrFNO4S/c14-8-1-2-9(16-6-8)7-21(19,20)10-3-4-12(15)11(5-10)13(17)18/h1-6H,7H2,(H,17,18). The zero-order valence-electron chi connectivity index (χ0n) is 10.5. The fourth-order valence-electron chi connectivity index (χ4n) is 1.63. The smallest absolute Gasteiger partial charge is 0.338 e. The molecule has 0 aliphatic rings. The monoisotopic (exact) mass is 373 g/mol. The van der Waals surface area contributed by atoms with Crippen LogP contribution in [0.5, 0.6) is 0 Å². The van der Waals surface area contributed by atoms with Gasteiger partial charge >= 0.3 is 5.97 Å². The van der Waals surface area contributed by atoms with E-state index in [-0.39, 0.29) is 4.90 Å². The molecule has 0 aliphatic heterocycles. The summed E-state index contributed by atoms with van der Waals surface area (Å²) in [5.41, 5.74) is -0.376. The van der Waals surface area contributed by atoms with Crippen LogP contribution in [0.15, 0.2) is 45.9 Å². The average Bonchev–Trinajstić information content (AvgIpc) is 2.41. The molecule has 2 aromatic rings. The molecule has 5 nitrogen and oxygen atoms in total. The summed E-state index contributed by atoms with van der Waals surface area (Å²) in [7, 11) is -3.81. The highest BCUT2D eigenvalue weighted by Gasteiger charge is 2.20. The molecule has 8 heteroatoms. The molecule has 1 aromatic carbocycles. The van der Waals surface area contributed by atoms with Gasteiger partial charge in [-0.05, 0) is 46.3 Å². The molecule has 21 heavy (non-hydrogen) atoms. The predicted molar refractivity (Wildman–Crippen MR) is 76.2 cm³/mol. The van der Waals surface area contributed by atoms with Gasteiger partial charge in [0.2, 0.25) is 0 Å². The minimum atomic E-state index is -3.81. The lowest BCUT2D eigenvalue weighted by molar-refractivity contribution is 0.0691. The molecule has 1 heterocycles. The Labute approximate surface area is 128 Å². The fraction of sp³-hybridized carbons (Fsp3) is 0.0769. The molecule has 0 aliphatic carbocycles. The van der Waals surface area contributed by atoms with Crippen LogP contribution in [0.3, 0.4) is 0 Å². The number of carboxylic acid groups (broad SMARTS) is 1. The van der Waals surface area contributed by atoms with E-state index in [1.807, 2.05) is 0 Å². The topological polar surface area (TPSA) is 84.3 Å². The van der Waals surface area contributed by atoms with Gasteiger partial charge in [0, 0.05) is 10.7 Å². The summed E-state index contributed by atoms with van der Waals surface area (Å²) in [6.45, 7) is 0. The van der Waals surface area contributed by atoms with Crippen LogP contribution in [0.2, 0.25) is 0 Å². The number of hydrogen-bond acceptors (Lipinski definition) is 4. The quantitative estimate of drug-likeness (QED) is 0.832. The number of hydrogen-bond donors (Lipinski definition) is 1. The van der Waals surface area contributed by atoms with Crippen LogP contribution in [0, 0.1) is 5.82 Å². The van der Waals surface area contributed by atoms with Gasteiger partial charge in [-0.3, -0.25) is 4.98 Å². The Morgan fingerprint density at radius 1 is 1.29 bits per heavy atom. The number of pyridine rings is 1. The van der Waals surface area contributed by atoms with Crippen LogP contribution in [-0.2, 0) is 15.6 Å². The van der Waals surface area contributed by atoms with E-state index in [2.05, 4.69) is 20.9 Å². The molecule has 0 fully saturated rings. The lowest BCUT2D eigenvalue weighted by Gasteiger charge is -2.06. The second-order valence-electron chi connectivity index (χ2n) is 4.17. The first kappa shape index (κ1) is 15.6. The number of aromatic nitrogens is 1. The third kappa shape index (κ3) is 3.64. The van der Waals surface area contributed by atoms with Gasteiger partial charge in [0.25, 0.3) is 0 Å². The molecule has 0 bridgehead atoms. The van der Waals surface area contributed by atoms with Crippen LogP contribution in [0.1, 0.15) is 16.1 Å². The van der Waals surface area contributed by atoms with E-state index in [0.717, 1.165) is 18.2 Å². The van der Waals surface area contributed by atoms with Crippen molar-refractivity contribution in [1.82, 2.24) is 4.98 Å². The van der Waals surface area contributed by atoms with Crippen LogP contribution in [-0.4, -0.2) is 24.5 Å². The molecular weight excluding hydrogens is 365 g/mol.